The molecule has 0 unspecified atom stereocenters. The molecule has 1 aromatic rings. The summed E-state index contributed by atoms with van der Waals surface area (Å²) >= 11 is 0. The van der Waals surface area contributed by atoms with Crippen LogP contribution < -0.4 is 5.32 Å². The van der Waals surface area contributed by atoms with E-state index in [1.54, 1.807) is 17.9 Å². The lowest BCUT2D eigenvalue weighted by molar-refractivity contribution is -0.127. The molecule has 1 aromatic heterocycles. The van der Waals surface area contributed by atoms with Gasteiger partial charge >= 0.3 is 0 Å². The monoisotopic (exact) mass is 406 g/mol. The van der Waals surface area contributed by atoms with Crippen LogP contribution in [0.5, 0.6) is 0 Å². The number of amides is 3. The molecule has 0 aliphatic carbocycles. The van der Waals surface area contributed by atoms with Gasteiger partial charge in [0.05, 0.1) is 6.10 Å². The van der Waals surface area contributed by atoms with Crippen molar-refractivity contribution in [3.05, 3.63) is 17.5 Å². The van der Waals surface area contributed by atoms with Crippen molar-refractivity contribution in [2.45, 2.75) is 51.6 Å². The van der Waals surface area contributed by atoms with Gasteiger partial charge in [-0.3, -0.25) is 14.4 Å². The third-order valence-corrected chi connectivity index (χ3v) is 5.29. The molecular weight excluding hydrogens is 376 g/mol. The molecule has 1 N–H and O–H groups in total. The van der Waals surface area contributed by atoms with E-state index < -0.39 is 0 Å². The van der Waals surface area contributed by atoms with Gasteiger partial charge in [0.2, 0.25) is 11.8 Å². The summed E-state index contributed by atoms with van der Waals surface area (Å²) in [6.07, 6.45) is 4.37. The van der Waals surface area contributed by atoms with Crippen LogP contribution in [0, 0.1) is 6.92 Å². The summed E-state index contributed by atoms with van der Waals surface area (Å²) in [4.78, 5) is 40.0. The zero-order valence-electron chi connectivity index (χ0n) is 17.0. The van der Waals surface area contributed by atoms with Crippen molar-refractivity contribution >= 4 is 17.7 Å². The third-order valence-electron chi connectivity index (χ3n) is 5.29. The number of aryl methyl sites for hydroxylation is 1. The first-order valence-electron chi connectivity index (χ1n) is 10.4. The van der Waals surface area contributed by atoms with E-state index in [1.165, 1.54) is 0 Å². The van der Waals surface area contributed by atoms with Crippen molar-refractivity contribution < 1.29 is 23.6 Å². The van der Waals surface area contributed by atoms with Crippen molar-refractivity contribution in [1.29, 1.82) is 0 Å². The molecule has 160 valence electrons. The first kappa shape index (κ1) is 21.3. The Labute approximate surface area is 170 Å². The van der Waals surface area contributed by atoms with Crippen molar-refractivity contribution in [3.8, 4) is 0 Å². The molecule has 9 nitrogen and oxygen atoms in total. The van der Waals surface area contributed by atoms with Gasteiger partial charge in [-0.05, 0) is 32.6 Å². The summed E-state index contributed by atoms with van der Waals surface area (Å²) in [6, 6.07) is 1.60. The minimum Gasteiger partial charge on any atom is -0.376 e. The molecule has 29 heavy (non-hydrogen) atoms. The molecule has 3 rings (SSSR count). The molecule has 0 aromatic carbocycles. The number of nitrogens with one attached hydrogen (secondary N) is 1. The zero-order valence-corrected chi connectivity index (χ0v) is 17.0. The average molecular weight is 406 g/mol. The van der Waals surface area contributed by atoms with Crippen LogP contribution >= 0.6 is 0 Å². The van der Waals surface area contributed by atoms with Gasteiger partial charge < -0.3 is 24.4 Å². The normalized spacial score (nSPS) is 19.0. The molecule has 9 heteroatoms. The Hall–Kier alpha value is -2.42. The Morgan fingerprint density at radius 2 is 2.24 bits per heavy atom. The SMILES string of the molecule is Cc1cc(C(=O)N(CCC(=O)NCCCN2CCCC2=O)C[C@H]2CCCO2)no1. The summed E-state index contributed by atoms with van der Waals surface area (Å²) < 4.78 is 10.7. The van der Waals surface area contributed by atoms with E-state index in [0.29, 0.717) is 45.0 Å². The highest BCUT2D eigenvalue weighted by atomic mass is 16.5. The van der Waals surface area contributed by atoms with E-state index in [1.807, 2.05) is 4.90 Å². The van der Waals surface area contributed by atoms with Gasteiger partial charge in [0.1, 0.15) is 5.76 Å². The van der Waals surface area contributed by atoms with Crippen molar-refractivity contribution in [3.63, 3.8) is 0 Å². The van der Waals surface area contributed by atoms with E-state index in [-0.39, 0.29) is 35.9 Å². The number of carbonyl (C=O) groups excluding carboxylic acids is 3. The van der Waals surface area contributed by atoms with Gasteiger partial charge in [-0.15, -0.1) is 0 Å². The number of nitrogens with zero attached hydrogens (tertiary/aromatic N) is 3. The molecule has 2 fully saturated rings. The molecule has 3 amide bonds. The number of likely N-dealkylation sites (tertiary alicyclic amines) is 1. The molecule has 0 saturated carbocycles. The molecule has 1 atom stereocenters. The van der Waals surface area contributed by atoms with Gasteiger partial charge in [0, 0.05) is 58.2 Å². The Balaban J connectivity index is 1.43. The molecule has 0 bridgehead atoms. The smallest absolute Gasteiger partial charge is 0.276 e. The maximum atomic E-state index is 12.8. The first-order chi connectivity index (χ1) is 14.0. The van der Waals surface area contributed by atoms with E-state index in [0.717, 1.165) is 32.2 Å². The summed E-state index contributed by atoms with van der Waals surface area (Å²) in [6.45, 7) is 5.18. The maximum Gasteiger partial charge on any atom is 0.276 e. The highest BCUT2D eigenvalue weighted by molar-refractivity contribution is 5.92. The van der Waals surface area contributed by atoms with Crippen LogP contribution in [0.4, 0.5) is 0 Å². The van der Waals surface area contributed by atoms with Gasteiger partial charge in [0.15, 0.2) is 5.69 Å². The minimum atomic E-state index is -0.252. The summed E-state index contributed by atoms with van der Waals surface area (Å²) in [5, 5.41) is 6.68. The lowest BCUT2D eigenvalue weighted by Gasteiger charge is -2.24. The van der Waals surface area contributed by atoms with Crippen LogP contribution in [0.1, 0.15) is 54.8 Å². The minimum absolute atomic E-state index is 0.00647. The Kier molecular flexibility index (Phi) is 7.62. The quantitative estimate of drug-likeness (QED) is 0.584. The Morgan fingerprint density at radius 3 is 2.90 bits per heavy atom. The molecule has 2 aliphatic rings. The lowest BCUT2D eigenvalue weighted by atomic mass is 10.2. The van der Waals surface area contributed by atoms with Crippen LogP contribution in [-0.2, 0) is 14.3 Å². The summed E-state index contributed by atoms with van der Waals surface area (Å²) in [7, 11) is 0. The third kappa shape index (κ3) is 6.28. The molecule has 3 heterocycles. The van der Waals surface area contributed by atoms with Crippen molar-refractivity contribution in [1.82, 2.24) is 20.3 Å². The predicted molar refractivity (Wildman–Crippen MR) is 104 cm³/mol. The van der Waals surface area contributed by atoms with Gasteiger partial charge in [-0.25, -0.2) is 0 Å². The zero-order chi connectivity index (χ0) is 20.6. The fraction of sp³-hybridized carbons (Fsp3) is 0.700. The standard InChI is InChI=1S/C20H30N4O5/c1-15-13-17(22-29-15)20(27)24(14-16-5-3-12-28-16)11-7-18(25)21-8-4-10-23-9-2-6-19(23)26/h13,16H,2-12,14H2,1H3,(H,21,25)/t16-/m1/s1. The number of hydrogen-bond donors (Lipinski definition) is 1. The van der Waals surface area contributed by atoms with E-state index in [9.17, 15) is 14.4 Å². The van der Waals surface area contributed by atoms with Crippen LogP contribution in [0.2, 0.25) is 0 Å². The van der Waals surface area contributed by atoms with E-state index in [2.05, 4.69) is 10.5 Å². The summed E-state index contributed by atoms with van der Waals surface area (Å²) in [5.74, 6) is 0.402. The number of carbonyl (C=O) groups is 3. The molecule has 0 radical (unpaired) electrons. The first-order valence-corrected chi connectivity index (χ1v) is 10.4. The second-order valence-electron chi connectivity index (χ2n) is 7.65. The fourth-order valence-corrected chi connectivity index (χ4v) is 3.70. The molecule has 2 saturated heterocycles. The highest BCUT2D eigenvalue weighted by Crippen LogP contribution is 2.16. The van der Waals surface area contributed by atoms with Crippen LogP contribution in [0.15, 0.2) is 10.6 Å². The van der Waals surface area contributed by atoms with E-state index >= 15 is 0 Å². The topological polar surface area (TPSA) is 105 Å². The highest BCUT2D eigenvalue weighted by Gasteiger charge is 2.25. The Morgan fingerprint density at radius 1 is 1.38 bits per heavy atom. The molecule has 2 aliphatic heterocycles. The van der Waals surface area contributed by atoms with Gasteiger partial charge in [-0.1, -0.05) is 5.16 Å². The molecular formula is C20H30N4O5. The number of rotatable bonds is 10. The second-order valence-corrected chi connectivity index (χ2v) is 7.65. The van der Waals surface area contributed by atoms with Gasteiger partial charge in [0.25, 0.3) is 5.91 Å². The average Bonchev–Trinajstić information content (AvgIpc) is 3.45. The predicted octanol–water partition coefficient (Wildman–Crippen LogP) is 1.12. The number of ether oxygens (including phenoxy) is 1. The van der Waals surface area contributed by atoms with Crippen LogP contribution in [0.3, 0.4) is 0 Å². The van der Waals surface area contributed by atoms with Crippen LogP contribution in [0.25, 0.3) is 0 Å². The maximum absolute atomic E-state index is 12.8. The van der Waals surface area contributed by atoms with Crippen molar-refractivity contribution in [2.24, 2.45) is 0 Å². The second kappa shape index (κ2) is 10.4. The largest absolute Gasteiger partial charge is 0.376 e. The fourth-order valence-electron chi connectivity index (χ4n) is 3.70. The Bertz CT molecular complexity index is 713. The summed E-state index contributed by atoms with van der Waals surface area (Å²) in [5.41, 5.74) is 0.246. The number of hydrogen-bond acceptors (Lipinski definition) is 6. The molecule has 0 spiro atoms. The number of aromatic nitrogens is 1. The van der Waals surface area contributed by atoms with Crippen molar-refractivity contribution in [2.75, 3.05) is 39.3 Å². The van der Waals surface area contributed by atoms with Crippen LogP contribution in [-0.4, -0.2) is 78.1 Å². The van der Waals surface area contributed by atoms with Gasteiger partial charge in [-0.2, -0.15) is 0 Å². The lowest BCUT2D eigenvalue weighted by Crippen LogP contribution is -2.40. The van der Waals surface area contributed by atoms with E-state index in [4.69, 9.17) is 9.26 Å².